The van der Waals surface area contributed by atoms with Crippen molar-refractivity contribution in [1.82, 2.24) is 9.88 Å². The summed E-state index contributed by atoms with van der Waals surface area (Å²) >= 11 is 0. The number of hydrogen-bond donors (Lipinski definition) is 1. The fourth-order valence-corrected chi connectivity index (χ4v) is 2.84. The molecule has 1 aromatic heterocycles. The molecule has 2 heterocycles. The van der Waals surface area contributed by atoms with Gasteiger partial charge in [0.1, 0.15) is 0 Å². The molecule has 4 heteroatoms. The van der Waals surface area contributed by atoms with Gasteiger partial charge in [-0.05, 0) is 43.0 Å². The quantitative estimate of drug-likeness (QED) is 0.932. The average molecular weight is 295 g/mol. The summed E-state index contributed by atoms with van der Waals surface area (Å²) in [6.45, 7) is 3.83. The first-order valence-corrected chi connectivity index (χ1v) is 7.88. The fraction of sp³-hybridized carbons (Fsp3) is 0.333. The molecule has 22 heavy (non-hydrogen) atoms. The summed E-state index contributed by atoms with van der Waals surface area (Å²) in [5.41, 5.74) is 4.21. The van der Waals surface area contributed by atoms with E-state index in [0.29, 0.717) is 0 Å². The summed E-state index contributed by atoms with van der Waals surface area (Å²) in [7, 11) is 0. The number of pyridine rings is 1. The second kappa shape index (κ2) is 6.60. The lowest BCUT2D eigenvalue weighted by molar-refractivity contribution is 0.222. The number of hydrogen-bond acceptors (Lipinski definition) is 2. The molecule has 2 amide bonds. The van der Waals surface area contributed by atoms with Crippen molar-refractivity contribution in [3.63, 3.8) is 0 Å². The number of nitrogens with zero attached hydrogens (tertiary/aromatic N) is 2. The molecule has 0 atom stereocenters. The highest BCUT2D eigenvalue weighted by molar-refractivity contribution is 5.89. The lowest BCUT2D eigenvalue weighted by Gasteiger charge is -2.16. The fourth-order valence-electron chi connectivity index (χ4n) is 2.84. The Morgan fingerprint density at radius 2 is 1.91 bits per heavy atom. The molecular weight excluding hydrogens is 274 g/mol. The van der Waals surface area contributed by atoms with E-state index in [9.17, 15) is 4.79 Å². The van der Waals surface area contributed by atoms with Crippen LogP contribution in [0.3, 0.4) is 0 Å². The van der Waals surface area contributed by atoms with E-state index in [4.69, 9.17) is 0 Å². The van der Waals surface area contributed by atoms with Gasteiger partial charge < -0.3 is 10.2 Å². The first-order valence-electron chi connectivity index (χ1n) is 7.88. The Kier molecular flexibility index (Phi) is 4.37. The summed E-state index contributed by atoms with van der Waals surface area (Å²) in [5, 5.41) is 2.96. The van der Waals surface area contributed by atoms with Gasteiger partial charge in [0.2, 0.25) is 0 Å². The third-order valence-electron chi connectivity index (χ3n) is 4.07. The van der Waals surface area contributed by atoms with E-state index >= 15 is 0 Å². The zero-order chi connectivity index (χ0) is 15.4. The molecule has 114 valence electrons. The second-order valence-electron chi connectivity index (χ2n) is 5.55. The normalized spacial score (nSPS) is 14.1. The maximum Gasteiger partial charge on any atom is 0.321 e. The number of aryl methyl sites for hydroxylation is 1. The van der Waals surface area contributed by atoms with E-state index < -0.39 is 0 Å². The molecule has 1 aliphatic heterocycles. The van der Waals surface area contributed by atoms with E-state index in [1.165, 1.54) is 0 Å². The molecule has 0 aliphatic carbocycles. The molecule has 0 bridgehead atoms. The van der Waals surface area contributed by atoms with Crippen molar-refractivity contribution in [2.75, 3.05) is 18.4 Å². The van der Waals surface area contributed by atoms with E-state index in [1.54, 1.807) is 0 Å². The van der Waals surface area contributed by atoms with E-state index in [1.807, 2.05) is 41.4 Å². The van der Waals surface area contributed by atoms with Crippen LogP contribution in [0.15, 0.2) is 42.6 Å². The van der Waals surface area contributed by atoms with Crippen LogP contribution in [0, 0.1) is 0 Å². The van der Waals surface area contributed by atoms with Crippen LogP contribution in [0.4, 0.5) is 10.5 Å². The van der Waals surface area contributed by atoms with Gasteiger partial charge in [0, 0.05) is 36.2 Å². The van der Waals surface area contributed by atoms with Gasteiger partial charge in [-0.25, -0.2) is 4.79 Å². The number of amides is 2. The molecule has 4 nitrogen and oxygen atoms in total. The Bertz CT molecular complexity index is 646. The standard InChI is InChI=1S/C18H21N3O/c1-2-17-16(6-5-11-19-17)14-7-9-15(10-8-14)20-18(22)21-12-3-4-13-21/h5-11H,2-4,12-13H2,1H3,(H,20,22). The van der Waals surface area contributed by atoms with Gasteiger partial charge in [-0.15, -0.1) is 0 Å². The van der Waals surface area contributed by atoms with Gasteiger partial charge in [-0.3, -0.25) is 4.98 Å². The van der Waals surface area contributed by atoms with Crippen LogP contribution in [-0.4, -0.2) is 29.0 Å². The summed E-state index contributed by atoms with van der Waals surface area (Å²) in [5.74, 6) is 0. The van der Waals surface area contributed by atoms with Crippen LogP contribution >= 0.6 is 0 Å². The SMILES string of the molecule is CCc1ncccc1-c1ccc(NC(=O)N2CCCC2)cc1. The summed E-state index contributed by atoms with van der Waals surface area (Å²) in [6.07, 6.45) is 4.94. The van der Waals surface area contributed by atoms with Crippen molar-refractivity contribution in [2.24, 2.45) is 0 Å². The zero-order valence-electron chi connectivity index (χ0n) is 12.9. The van der Waals surface area contributed by atoms with Crippen LogP contribution in [-0.2, 0) is 6.42 Å². The minimum Gasteiger partial charge on any atom is -0.325 e. The molecule has 1 saturated heterocycles. The van der Waals surface area contributed by atoms with E-state index in [-0.39, 0.29) is 6.03 Å². The highest BCUT2D eigenvalue weighted by atomic mass is 16.2. The summed E-state index contributed by atoms with van der Waals surface area (Å²) in [6, 6.07) is 12.0. The molecule has 3 rings (SSSR count). The van der Waals surface area contributed by atoms with Gasteiger partial charge in [-0.2, -0.15) is 0 Å². The van der Waals surface area contributed by atoms with E-state index in [0.717, 1.165) is 54.9 Å². The molecule has 2 aromatic rings. The van der Waals surface area contributed by atoms with Gasteiger partial charge >= 0.3 is 6.03 Å². The number of carbonyl (C=O) groups excluding carboxylic acids is 1. The molecule has 1 fully saturated rings. The Balaban J connectivity index is 1.73. The Morgan fingerprint density at radius 3 is 2.59 bits per heavy atom. The van der Waals surface area contributed by atoms with Crippen molar-refractivity contribution in [3.05, 3.63) is 48.3 Å². The predicted molar refractivity (Wildman–Crippen MR) is 88.9 cm³/mol. The third kappa shape index (κ3) is 3.11. The third-order valence-corrected chi connectivity index (χ3v) is 4.07. The highest BCUT2D eigenvalue weighted by Gasteiger charge is 2.17. The number of urea groups is 1. The predicted octanol–water partition coefficient (Wildman–Crippen LogP) is 3.94. The van der Waals surface area contributed by atoms with Crippen molar-refractivity contribution in [3.8, 4) is 11.1 Å². The molecule has 0 unspecified atom stereocenters. The van der Waals surface area contributed by atoms with Gasteiger partial charge in [0.05, 0.1) is 0 Å². The monoisotopic (exact) mass is 295 g/mol. The average Bonchev–Trinajstić information content (AvgIpc) is 3.10. The number of benzene rings is 1. The Hall–Kier alpha value is -2.36. The molecule has 1 aromatic carbocycles. The highest BCUT2D eigenvalue weighted by Crippen LogP contribution is 2.24. The van der Waals surface area contributed by atoms with Crippen molar-refractivity contribution in [1.29, 1.82) is 0 Å². The van der Waals surface area contributed by atoms with E-state index in [2.05, 4.69) is 23.3 Å². The number of nitrogens with one attached hydrogen (secondary N) is 1. The van der Waals surface area contributed by atoms with Crippen LogP contribution in [0.25, 0.3) is 11.1 Å². The zero-order valence-corrected chi connectivity index (χ0v) is 12.9. The van der Waals surface area contributed by atoms with Gasteiger partial charge in [0.25, 0.3) is 0 Å². The van der Waals surface area contributed by atoms with Crippen LogP contribution in [0.1, 0.15) is 25.5 Å². The number of likely N-dealkylation sites (tertiary alicyclic amines) is 1. The van der Waals surface area contributed by atoms with Gasteiger partial charge in [0.15, 0.2) is 0 Å². The molecule has 1 N–H and O–H groups in total. The minimum atomic E-state index is 0.000810. The molecular formula is C18H21N3O. The first-order chi connectivity index (χ1) is 10.8. The summed E-state index contributed by atoms with van der Waals surface area (Å²) < 4.78 is 0. The Labute approximate surface area is 131 Å². The van der Waals surface area contributed by atoms with Crippen LogP contribution in [0.5, 0.6) is 0 Å². The maximum atomic E-state index is 12.1. The second-order valence-corrected chi connectivity index (χ2v) is 5.55. The smallest absolute Gasteiger partial charge is 0.321 e. The van der Waals surface area contributed by atoms with Crippen LogP contribution < -0.4 is 5.32 Å². The maximum absolute atomic E-state index is 12.1. The van der Waals surface area contributed by atoms with Crippen molar-refractivity contribution < 1.29 is 4.79 Å². The van der Waals surface area contributed by atoms with Crippen LogP contribution in [0.2, 0.25) is 0 Å². The van der Waals surface area contributed by atoms with Crippen molar-refractivity contribution in [2.45, 2.75) is 26.2 Å². The topological polar surface area (TPSA) is 45.2 Å². The van der Waals surface area contributed by atoms with Gasteiger partial charge in [-0.1, -0.05) is 25.1 Å². The molecule has 0 spiro atoms. The van der Waals surface area contributed by atoms with Crippen molar-refractivity contribution >= 4 is 11.7 Å². The summed E-state index contributed by atoms with van der Waals surface area (Å²) in [4.78, 5) is 18.4. The lowest BCUT2D eigenvalue weighted by Crippen LogP contribution is -2.32. The number of rotatable bonds is 3. The molecule has 0 saturated carbocycles. The number of carbonyl (C=O) groups is 1. The minimum absolute atomic E-state index is 0.000810. The molecule has 0 radical (unpaired) electrons. The Morgan fingerprint density at radius 1 is 1.18 bits per heavy atom. The number of aromatic nitrogens is 1. The largest absolute Gasteiger partial charge is 0.325 e. The number of anilines is 1. The lowest BCUT2D eigenvalue weighted by atomic mass is 10.0. The molecule has 1 aliphatic rings. The first kappa shape index (κ1) is 14.6.